The standard InChI is InChI=1S/C8H2N2O2/c11-7-5-3-1-2-4-6(5)9-8(12)10-7/h(H2,9,10,11,12). The lowest BCUT2D eigenvalue weighted by atomic mass is 10.4. The van der Waals surface area contributed by atoms with Crippen LogP contribution in [0, 0.1) is 0 Å². The van der Waals surface area contributed by atoms with Crippen molar-refractivity contribution in [2.24, 2.45) is 0 Å². The molecule has 4 heteroatoms. The molecule has 1 aromatic heterocycles. The van der Waals surface area contributed by atoms with Gasteiger partial charge in [0.15, 0.2) is 0 Å². The molecule has 0 radical (unpaired) electrons. The summed E-state index contributed by atoms with van der Waals surface area (Å²) in [5.74, 6) is 0. The molecule has 56 valence electrons. The first-order valence-corrected chi connectivity index (χ1v) is 3.16. The SMILES string of the molecule is O=c1[nH]c(=O)c2c([nH]1)=C=C=C=C=2. The molecule has 1 aliphatic rings. The van der Waals surface area contributed by atoms with Gasteiger partial charge in [0.05, 0.1) is 0 Å². The van der Waals surface area contributed by atoms with E-state index in [4.69, 9.17) is 0 Å². The zero-order valence-electron chi connectivity index (χ0n) is 5.82. The fraction of sp³-hybridized carbons (Fsp3) is 0. The molecule has 1 aliphatic carbocycles. The van der Waals surface area contributed by atoms with Gasteiger partial charge in [-0.05, 0) is 22.9 Å². The van der Waals surface area contributed by atoms with E-state index in [1.807, 2.05) is 0 Å². The van der Waals surface area contributed by atoms with Crippen LogP contribution in [0.5, 0.6) is 0 Å². The monoisotopic (exact) mass is 158 g/mol. The molecule has 0 atom stereocenters. The first-order valence-electron chi connectivity index (χ1n) is 3.16. The molecule has 0 unspecified atom stereocenters. The summed E-state index contributed by atoms with van der Waals surface area (Å²) >= 11 is 0. The number of fused-ring (bicyclic) bond motifs is 1. The Morgan fingerprint density at radius 1 is 1.00 bits per heavy atom. The normalized spacial score (nSPS) is 10.3. The van der Waals surface area contributed by atoms with Crippen LogP contribution in [0.25, 0.3) is 11.5 Å². The quantitative estimate of drug-likeness (QED) is 0.423. The van der Waals surface area contributed by atoms with Crippen molar-refractivity contribution in [1.29, 1.82) is 0 Å². The van der Waals surface area contributed by atoms with Crippen LogP contribution in [0.1, 0.15) is 0 Å². The predicted molar refractivity (Wildman–Crippen MR) is 40.8 cm³/mol. The Kier molecular flexibility index (Phi) is 1.16. The Bertz CT molecular complexity index is 682. The molecule has 2 rings (SSSR count). The van der Waals surface area contributed by atoms with Gasteiger partial charge in [-0.3, -0.25) is 14.8 Å². The molecule has 0 aromatic carbocycles. The molecule has 0 spiro atoms. The summed E-state index contributed by atoms with van der Waals surface area (Å²) in [5.41, 5.74) is 8.93. The Labute approximate surface area is 65.2 Å². The molecule has 0 saturated heterocycles. The van der Waals surface area contributed by atoms with Crippen LogP contribution < -0.4 is 21.8 Å². The Balaban J connectivity index is 3.41. The van der Waals surface area contributed by atoms with Crippen molar-refractivity contribution in [1.82, 2.24) is 9.97 Å². The molecule has 0 saturated carbocycles. The fourth-order valence-electron chi connectivity index (χ4n) is 0.887. The number of aromatic amines is 2. The van der Waals surface area contributed by atoms with Crippen molar-refractivity contribution < 1.29 is 0 Å². The smallest absolute Gasteiger partial charge is 0.299 e. The summed E-state index contributed by atoms with van der Waals surface area (Å²) in [4.78, 5) is 26.2. The van der Waals surface area contributed by atoms with Crippen LogP contribution in [-0.4, -0.2) is 9.97 Å². The van der Waals surface area contributed by atoms with Gasteiger partial charge in [0.1, 0.15) is 10.6 Å². The summed E-state index contributed by atoms with van der Waals surface area (Å²) in [6, 6.07) is 0. The van der Waals surface area contributed by atoms with Crippen molar-refractivity contribution in [3.63, 3.8) is 0 Å². The van der Waals surface area contributed by atoms with E-state index in [1.54, 1.807) is 0 Å². The molecule has 12 heavy (non-hydrogen) atoms. The van der Waals surface area contributed by atoms with Crippen LogP contribution in [0.2, 0.25) is 0 Å². The molecule has 1 aromatic rings. The summed E-state index contributed by atoms with van der Waals surface area (Å²) in [6.07, 6.45) is 0. The van der Waals surface area contributed by atoms with Gasteiger partial charge in [0.25, 0.3) is 5.56 Å². The average molecular weight is 158 g/mol. The highest BCUT2D eigenvalue weighted by Crippen LogP contribution is 1.53. The maximum absolute atomic E-state index is 11.0. The molecule has 0 aliphatic heterocycles. The highest BCUT2D eigenvalue weighted by Gasteiger charge is 1.93. The second-order valence-electron chi connectivity index (χ2n) is 2.16. The summed E-state index contributed by atoms with van der Waals surface area (Å²) in [7, 11) is 0. The van der Waals surface area contributed by atoms with E-state index < -0.39 is 11.2 Å². The van der Waals surface area contributed by atoms with Crippen molar-refractivity contribution in [2.75, 3.05) is 0 Å². The van der Waals surface area contributed by atoms with E-state index >= 15 is 0 Å². The number of nitrogens with one attached hydrogen (secondary N) is 2. The number of rotatable bonds is 0. The van der Waals surface area contributed by atoms with Gasteiger partial charge < -0.3 is 0 Å². The molecule has 1 heterocycles. The lowest BCUT2D eigenvalue weighted by molar-refractivity contribution is 0.987. The largest absolute Gasteiger partial charge is 0.326 e. The summed E-state index contributed by atoms with van der Waals surface area (Å²) in [5, 5.41) is 0.524. The first-order chi connectivity index (χ1) is 5.77. The minimum absolute atomic E-state index is 0.230. The van der Waals surface area contributed by atoms with Crippen LogP contribution in [0.3, 0.4) is 0 Å². The molecule has 2 N–H and O–H groups in total. The zero-order chi connectivity index (χ0) is 8.55. The predicted octanol–water partition coefficient (Wildman–Crippen LogP) is -2.30. The topological polar surface area (TPSA) is 65.7 Å². The van der Waals surface area contributed by atoms with Gasteiger partial charge in [-0.25, -0.2) is 4.79 Å². The van der Waals surface area contributed by atoms with E-state index in [0.29, 0.717) is 5.35 Å². The number of aromatic nitrogens is 2. The minimum Gasteiger partial charge on any atom is -0.299 e. The van der Waals surface area contributed by atoms with E-state index in [-0.39, 0.29) is 5.22 Å². The number of hydrogen-bond acceptors (Lipinski definition) is 2. The Hall–Kier alpha value is -2.20. The molecule has 0 amide bonds. The molecule has 4 nitrogen and oxygen atoms in total. The van der Waals surface area contributed by atoms with Gasteiger partial charge in [-0.1, -0.05) is 0 Å². The van der Waals surface area contributed by atoms with E-state index in [2.05, 4.69) is 32.9 Å². The van der Waals surface area contributed by atoms with Crippen LogP contribution >= 0.6 is 0 Å². The van der Waals surface area contributed by atoms with Gasteiger partial charge in [0, 0.05) is 0 Å². The third-order valence-electron chi connectivity index (χ3n) is 1.38. The van der Waals surface area contributed by atoms with Crippen molar-refractivity contribution >= 4 is 11.5 Å². The Morgan fingerprint density at radius 2 is 1.75 bits per heavy atom. The second-order valence-corrected chi connectivity index (χ2v) is 2.16. The van der Waals surface area contributed by atoms with E-state index in [1.165, 1.54) is 0 Å². The summed E-state index contributed by atoms with van der Waals surface area (Å²) < 4.78 is 0. The van der Waals surface area contributed by atoms with Crippen molar-refractivity contribution in [3.05, 3.63) is 42.9 Å². The van der Waals surface area contributed by atoms with Crippen LogP contribution in [0.15, 0.2) is 21.1 Å². The van der Waals surface area contributed by atoms with Gasteiger partial charge in [-0.15, -0.1) is 0 Å². The van der Waals surface area contributed by atoms with Gasteiger partial charge in [-0.2, -0.15) is 0 Å². The first kappa shape index (κ1) is 6.51. The fourth-order valence-corrected chi connectivity index (χ4v) is 0.887. The molecule has 0 bridgehead atoms. The second kappa shape index (κ2) is 2.14. The number of H-pyrrole nitrogens is 2. The van der Waals surface area contributed by atoms with E-state index in [0.717, 1.165) is 0 Å². The third kappa shape index (κ3) is 0.834. The van der Waals surface area contributed by atoms with Crippen molar-refractivity contribution in [3.8, 4) is 0 Å². The molecule has 0 fully saturated rings. The highest BCUT2D eigenvalue weighted by atomic mass is 16.2. The van der Waals surface area contributed by atoms with Gasteiger partial charge >= 0.3 is 5.69 Å². The van der Waals surface area contributed by atoms with Crippen molar-refractivity contribution in [2.45, 2.75) is 0 Å². The highest BCUT2D eigenvalue weighted by molar-refractivity contribution is 5.29. The maximum atomic E-state index is 11.0. The Morgan fingerprint density at radius 3 is 2.58 bits per heavy atom. The number of hydrogen-bond donors (Lipinski definition) is 2. The average Bonchev–Trinajstić information content (AvgIpc) is 2.04. The van der Waals surface area contributed by atoms with E-state index in [9.17, 15) is 9.59 Å². The maximum Gasteiger partial charge on any atom is 0.326 e. The zero-order valence-corrected chi connectivity index (χ0v) is 5.82. The minimum atomic E-state index is -0.559. The van der Waals surface area contributed by atoms with Crippen LogP contribution in [-0.2, 0) is 0 Å². The lowest BCUT2D eigenvalue weighted by Crippen LogP contribution is -2.47. The molecular formula is C8H2N2O2. The lowest BCUT2D eigenvalue weighted by Gasteiger charge is -1.83. The summed E-state index contributed by atoms with van der Waals surface area (Å²) in [6.45, 7) is 0. The van der Waals surface area contributed by atoms with Gasteiger partial charge in [0.2, 0.25) is 0 Å². The molecular weight excluding hydrogens is 156 g/mol. The van der Waals surface area contributed by atoms with Crippen LogP contribution in [0.4, 0.5) is 0 Å². The third-order valence-corrected chi connectivity index (χ3v) is 1.38.